The van der Waals surface area contributed by atoms with Crippen LogP contribution in [0.1, 0.15) is 21.8 Å². The van der Waals surface area contributed by atoms with E-state index in [1.807, 2.05) is 25.1 Å². The lowest BCUT2D eigenvalue weighted by Gasteiger charge is -2.07. The molecule has 0 fully saturated rings. The number of halogens is 1. The summed E-state index contributed by atoms with van der Waals surface area (Å²) >= 11 is 2.18. The van der Waals surface area contributed by atoms with Gasteiger partial charge in [0.15, 0.2) is 6.33 Å². The molecule has 2 aromatic rings. The highest BCUT2D eigenvalue weighted by molar-refractivity contribution is 14.1. The summed E-state index contributed by atoms with van der Waals surface area (Å²) in [5, 5.41) is 6.34. The van der Waals surface area contributed by atoms with Crippen molar-refractivity contribution in [3.8, 4) is 0 Å². The predicted octanol–water partition coefficient (Wildman–Crippen LogP) is 1.96. The molecule has 1 aromatic carbocycles. The maximum atomic E-state index is 12.0. The van der Waals surface area contributed by atoms with Crippen LogP contribution in [0.4, 0.5) is 0 Å². The molecule has 0 saturated heterocycles. The molecule has 0 radical (unpaired) electrons. The van der Waals surface area contributed by atoms with Crippen molar-refractivity contribution in [2.75, 3.05) is 6.54 Å². The second-order valence-corrected chi connectivity index (χ2v) is 4.86. The van der Waals surface area contributed by atoms with Crippen molar-refractivity contribution in [1.29, 1.82) is 0 Å². The van der Waals surface area contributed by atoms with Crippen LogP contribution in [-0.4, -0.2) is 22.6 Å². The number of aryl methyl sites for hydroxylation is 1. The van der Waals surface area contributed by atoms with Crippen molar-refractivity contribution in [1.82, 2.24) is 15.5 Å². The lowest BCUT2D eigenvalue weighted by Crippen LogP contribution is -2.26. The largest absolute Gasteiger partial charge is 0.351 e. The average Bonchev–Trinajstić information content (AvgIpc) is 2.85. The SMILES string of the molecule is Cc1cccc(C(=O)NCCc2ncno2)c1I. The fourth-order valence-electron chi connectivity index (χ4n) is 1.51. The molecule has 2 rings (SSSR count). The van der Waals surface area contributed by atoms with Crippen molar-refractivity contribution in [2.45, 2.75) is 13.3 Å². The third-order valence-corrected chi connectivity index (χ3v) is 3.90. The smallest absolute Gasteiger partial charge is 0.252 e. The van der Waals surface area contributed by atoms with E-state index in [2.05, 4.69) is 38.0 Å². The van der Waals surface area contributed by atoms with Gasteiger partial charge in [-0.15, -0.1) is 0 Å². The lowest BCUT2D eigenvalue weighted by atomic mass is 10.1. The highest BCUT2D eigenvalue weighted by Crippen LogP contribution is 2.16. The Morgan fingerprint density at radius 2 is 2.33 bits per heavy atom. The Balaban J connectivity index is 1.93. The zero-order chi connectivity index (χ0) is 13.0. The van der Waals surface area contributed by atoms with Crippen LogP contribution >= 0.6 is 22.6 Å². The molecular weight excluding hydrogens is 345 g/mol. The van der Waals surface area contributed by atoms with Gasteiger partial charge in [-0.1, -0.05) is 17.3 Å². The number of carbonyl (C=O) groups is 1. The summed E-state index contributed by atoms with van der Waals surface area (Å²) in [7, 11) is 0. The van der Waals surface area contributed by atoms with E-state index < -0.39 is 0 Å². The van der Waals surface area contributed by atoms with Gasteiger partial charge in [0.25, 0.3) is 5.91 Å². The number of aromatic nitrogens is 2. The number of benzene rings is 1. The summed E-state index contributed by atoms with van der Waals surface area (Å²) in [4.78, 5) is 15.9. The maximum Gasteiger partial charge on any atom is 0.252 e. The van der Waals surface area contributed by atoms with Gasteiger partial charge in [0.05, 0.1) is 5.56 Å². The molecule has 0 spiro atoms. The number of hydrogen-bond acceptors (Lipinski definition) is 4. The van der Waals surface area contributed by atoms with Crippen LogP contribution in [0.25, 0.3) is 0 Å². The van der Waals surface area contributed by atoms with Gasteiger partial charge in [-0.25, -0.2) is 0 Å². The molecule has 1 N–H and O–H groups in total. The standard InChI is InChI=1S/C12H12IN3O2/c1-8-3-2-4-9(11(8)13)12(17)14-6-5-10-15-7-16-18-10/h2-4,7H,5-6H2,1H3,(H,14,17). The minimum absolute atomic E-state index is 0.0809. The van der Waals surface area contributed by atoms with Crippen LogP contribution in [0, 0.1) is 10.5 Å². The van der Waals surface area contributed by atoms with Gasteiger partial charge in [-0.3, -0.25) is 4.79 Å². The zero-order valence-electron chi connectivity index (χ0n) is 9.81. The van der Waals surface area contributed by atoms with E-state index in [0.717, 1.165) is 9.13 Å². The van der Waals surface area contributed by atoms with Gasteiger partial charge in [-0.2, -0.15) is 4.98 Å². The van der Waals surface area contributed by atoms with Crippen molar-refractivity contribution in [2.24, 2.45) is 0 Å². The quantitative estimate of drug-likeness (QED) is 0.850. The molecule has 94 valence electrons. The van der Waals surface area contributed by atoms with E-state index >= 15 is 0 Å². The van der Waals surface area contributed by atoms with Crippen LogP contribution in [0.5, 0.6) is 0 Å². The van der Waals surface area contributed by atoms with Crippen molar-refractivity contribution in [3.05, 3.63) is 45.1 Å². The molecule has 0 aliphatic heterocycles. The Kier molecular flexibility index (Phi) is 4.29. The number of rotatable bonds is 4. The average molecular weight is 357 g/mol. The molecule has 6 heteroatoms. The first-order valence-corrected chi connectivity index (χ1v) is 6.55. The molecule has 1 amide bonds. The molecule has 0 saturated carbocycles. The van der Waals surface area contributed by atoms with E-state index in [1.165, 1.54) is 6.33 Å². The molecule has 0 aliphatic carbocycles. The normalized spacial score (nSPS) is 10.3. The number of hydrogen-bond donors (Lipinski definition) is 1. The van der Waals surface area contributed by atoms with E-state index in [9.17, 15) is 4.79 Å². The fourth-order valence-corrected chi connectivity index (χ4v) is 2.11. The van der Waals surface area contributed by atoms with E-state index in [-0.39, 0.29) is 5.91 Å². The maximum absolute atomic E-state index is 12.0. The van der Waals surface area contributed by atoms with Crippen molar-refractivity contribution in [3.63, 3.8) is 0 Å². The van der Waals surface area contributed by atoms with E-state index in [1.54, 1.807) is 0 Å². The van der Waals surface area contributed by atoms with Gasteiger partial charge in [0.1, 0.15) is 0 Å². The van der Waals surface area contributed by atoms with Crippen LogP contribution in [-0.2, 0) is 6.42 Å². The Morgan fingerprint density at radius 3 is 3.06 bits per heavy atom. The van der Waals surface area contributed by atoms with Crippen LogP contribution in [0.2, 0.25) is 0 Å². The molecular formula is C12H12IN3O2. The van der Waals surface area contributed by atoms with Gasteiger partial charge in [0.2, 0.25) is 5.89 Å². The van der Waals surface area contributed by atoms with Crippen LogP contribution in [0.3, 0.4) is 0 Å². The monoisotopic (exact) mass is 357 g/mol. The molecule has 5 nitrogen and oxygen atoms in total. The minimum atomic E-state index is -0.0809. The Bertz CT molecular complexity index is 540. The van der Waals surface area contributed by atoms with E-state index in [4.69, 9.17) is 4.52 Å². The lowest BCUT2D eigenvalue weighted by molar-refractivity contribution is 0.0952. The topological polar surface area (TPSA) is 68.0 Å². The fraction of sp³-hybridized carbons (Fsp3) is 0.250. The number of nitrogens with one attached hydrogen (secondary N) is 1. The van der Waals surface area contributed by atoms with Gasteiger partial charge >= 0.3 is 0 Å². The first-order valence-electron chi connectivity index (χ1n) is 5.47. The number of nitrogens with zero attached hydrogens (tertiary/aromatic N) is 2. The third kappa shape index (κ3) is 3.06. The zero-order valence-corrected chi connectivity index (χ0v) is 12.0. The van der Waals surface area contributed by atoms with Crippen LogP contribution < -0.4 is 5.32 Å². The highest BCUT2D eigenvalue weighted by atomic mass is 127. The number of carbonyl (C=O) groups excluding carboxylic acids is 1. The summed E-state index contributed by atoms with van der Waals surface area (Å²) in [6.07, 6.45) is 1.88. The third-order valence-electron chi connectivity index (χ3n) is 2.47. The summed E-state index contributed by atoms with van der Waals surface area (Å²) in [5.74, 6) is 0.442. The summed E-state index contributed by atoms with van der Waals surface area (Å²) in [6, 6.07) is 5.68. The Hall–Kier alpha value is -1.44. The summed E-state index contributed by atoms with van der Waals surface area (Å²) < 4.78 is 5.83. The molecule has 1 heterocycles. The first-order chi connectivity index (χ1) is 8.68. The van der Waals surface area contributed by atoms with Gasteiger partial charge in [-0.05, 0) is 41.1 Å². The minimum Gasteiger partial charge on any atom is -0.351 e. The molecule has 0 bridgehead atoms. The molecule has 0 unspecified atom stereocenters. The van der Waals surface area contributed by atoms with Gasteiger partial charge in [0, 0.05) is 16.5 Å². The second-order valence-electron chi connectivity index (χ2n) is 3.78. The van der Waals surface area contributed by atoms with Crippen LogP contribution in [0.15, 0.2) is 29.0 Å². The predicted molar refractivity (Wildman–Crippen MR) is 74.2 cm³/mol. The Labute approximate surface area is 118 Å². The Morgan fingerprint density at radius 1 is 1.50 bits per heavy atom. The highest BCUT2D eigenvalue weighted by Gasteiger charge is 2.10. The summed E-state index contributed by atoms with van der Waals surface area (Å²) in [5.41, 5.74) is 1.79. The molecule has 0 atom stereocenters. The van der Waals surface area contributed by atoms with E-state index in [0.29, 0.717) is 24.4 Å². The number of amides is 1. The molecule has 1 aromatic heterocycles. The van der Waals surface area contributed by atoms with Crippen molar-refractivity contribution >= 4 is 28.5 Å². The van der Waals surface area contributed by atoms with Gasteiger partial charge < -0.3 is 9.84 Å². The molecule has 0 aliphatic rings. The van der Waals surface area contributed by atoms with Crippen molar-refractivity contribution < 1.29 is 9.32 Å². The second kappa shape index (κ2) is 5.94. The molecule has 18 heavy (non-hydrogen) atoms. The first kappa shape index (κ1) is 13.0. The summed E-state index contributed by atoms with van der Waals surface area (Å²) in [6.45, 7) is 2.46.